The van der Waals surface area contributed by atoms with Crippen molar-refractivity contribution in [3.05, 3.63) is 108 Å². The number of anilines is 3. The van der Waals surface area contributed by atoms with Gasteiger partial charge in [0, 0.05) is 26.7 Å². The van der Waals surface area contributed by atoms with Gasteiger partial charge in [-0.15, -0.1) is 0 Å². The molecule has 1 atom stereocenters. The zero-order valence-corrected chi connectivity index (χ0v) is 25.8. The van der Waals surface area contributed by atoms with E-state index >= 15 is 0 Å². The summed E-state index contributed by atoms with van der Waals surface area (Å²) < 4.78 is 25.7. The summed E-state index contributed by atoms with van der Waals surface area (Å²) in [6.45, 7) is 6.11. The lowest BCUT2D eigenvalue weighted by Gasteiger charge is -2.17. The lowest BCUT2D eigenvalue weighted by molar-refractivity contribution is 0.0940. The van der Waals surface area contributed by atoms with Gasteiger partial charge in [-0.3, -0.25) is 9.52 Å². The second-order valence-electron chi connectivity index (χ2n) is 10.4. The average molecular weight is 613 g/mol. The molecule has 0 saturated heterocycles. The van der Waals surface area contributed by atoms with Gasteiger partial charge in [-0.05, 0) is 73.0 Å². The molecule has 220 valence electrons. The van der Waals surface area contributed by atoms with Gasteiger partial charge in [-0.1, -0.05) is 55.9 Å². The fourth-order valence-electron chi connectivity index (χ4n) is 4.40. The largest absolute Gasteiger partial charge is 0.346 e. The Morgan fingerprint density at radius 3 is 2.33 bits per heavy atom. The van der Waals surface area contributed by atoms with E-state index in [1.54, 1.807) is 24.3 Å². The first-order chi connectivity index (χ1) is 20.6. The fourth-order valence-corrected chi connectivity index (χ4v) is 5.85. The molecular weight excluding hydrogens is 581 g/mol. The monoisotopic (exact) mass is 612 g/mol. The van der Waals surface area contributed by atoms with Gasteiger partial charge in [0.05, 0.1) is 23.4 Å². The summed E-state index contributed by atoms with van der Waals surface area (Å²) in [5, 5.41) is 7.26. The van der Waals surface area contributed by atoms with Gasteiger partial charge in [0.25, 0.3) is 5.91 Å². The van der Waals surface area contributed by atoms with Crippen molar-refractivity contribution in [3.63, 3.8) is 0 Å². The summed E-state index contributed by atoms with van der Waals surface area (Å²) in [6, 6.07) is 26.1. The second-order valence-corrected chi connectivity index (χ2v) is 13.3. The first-order valence-corrected chi connectivity index (χ1v) is 16.4. The van der Waals surface area contributed by atoms with E-state index in [2.05, 4.69) is 39.2 Å². The van der Waals surface area contributed by atoms with E-state index in [9.17, 15) is 13.2 Å². The van der Waals surface area contributed by atoms with Gasteiger partial charge in [-0.25, -0.2) is 23.4 Å². The van der Waals surface area contributed by atoms with Gasteiger partial charge >= 0.3 is 0 Å². The van der Waals surface area contributed by atoms with Crippen molar-refractivity contribution in [3.8, 4) is 0 Å². The number of amides is 1. The number of nitrogens with one attached hydrogen (secondary N) is 3. The number of rotatable bonds is 10. The van der Waals surface area contributed by atoms with Crippen LogP contribution in [0.25, 0.3) is 11.0 Å². The highest BCUT2D eigenvalue weighted by molar-refractivity contribution is 7.99. The normalized spacial score (nSPS) is 12.2. The zero-order chi connectivity index (χ0) is 30.6. The number of carbonyl (C=O) groups excluding carboxylic acids is 1. The fraction of sp³-hybridized carbons (Fsp3) is 0.188. The second kappa shape index (κ2) is 12.8. The lowest BCUT2D eigenvalue weighted by Crippen LogP contribution is -2.26. The molecule has 0 spiro atoms. The van der Waals surface area contributed by atoms with E-state index in [-0.39, 0.29) is 17.9 Å². The molecule has 0 saturated carbocycles. The summed E-state index contributed by atoms with van der Waals surface area (Å²) in [6.07, 6.45) is 2.59. The standard InChI is InChI=1S/C32H32N6O3S2/c1-20(2)27-16-15-26-30(36-27)33-19-34-31(26)37-28-18-23(32(39)35-21(3)22-8-6-5-7-9-22)10-17-29(28)42-25-13-11-24(12-14-25)38-43(4,40)41/h5-21,38H,1-4H3,(H,35,39)(H,33,34,36,37)/t21-/m0/s1. The van der Waals surface area contributed by atoms with Crippen molar-refractivity contribution >= 4 is 55.9 Å². The molecule has 3 aromatic carbocycles. The number of carbonyl (C=O) groups is 1. The van der Waals surface area contributed by atoms with E-state index in [0.717, 1.165) is 32.7 Å². The van der Waals surface area contributed by atoms with Crippen LogP contribution in [0.15, 0.2) is 101 Å². The number of benzene rings is 3. The molecule has 11 heteroatoms. The zero-order valence-electron chi connectivity index (χ0n) is 24.2. The third-order valence-corrected chi connectivity index (χ3v) is 8.33. The van der Waals surface area contributed by atoms with Gasteiger partial charge in [0.1, 0.15) is 12.1 Å². The Kier molecular flexibility index (Phi) is 8.93. The third kappa shape index (κ3) is 7.68. The molecule has 3 N–H and O–H groups in total. The van der Waals surface area contributed by atoms with Crippen LogP contribution in [0.5, 0.6) is 0 Å². The van der Waals surface area contributed by atoms with Crippen LogP contribution in [-0.4, -0.2) is 35.5 Å². The molecule has 5 rings (SSSR count). The lowest BCUT2D eigenvalue weighted by atomic mass is 10.1. The van der Waals surface area contributed by atoms with E-state index in [4.69, 9.17) is 4.98 Å². The minimum Gasteiger partial charge on any atom is -0.346 e. The highest BCUT2D eigenvalue weighted by atomic mass is 32.2. The maximum atomic E-state index is 13.3. The minimum atomic E-state index is -3.38. The first kappa shape index (κ1) is 30.0. The van der Waals surface area contributed by atoms with Crippen LogP contribution in [0.4, 0.5) is 17.2 Å². The summed E-state index contributed by atoms with van der Waals surface area (Å²) in [5.41, 5.74) is 4.17. The molecule has 0 aliphatic rings. The minimum absolute atomic E-state index is 0.176. The number of pyridine rings is 1. The van der Waals surface area contributed by atoms with Crippen LogP contribution in [0.1, 0.15) is 54.3 Å². The molecule has 9 nitrogen and oxygen atoms in total. The molecule has 0 aliphatic carbocycles. The van der Waals surface area contributed by atoms with Gasteiger partial charge in [0.15, 0.2) is 5.65 Å². The van der Waals surface area contributed by atoms with Crippen LogP contribution in [0, 0.1) is 0 Å². The smallest absolute Gasteiger partial charge is 0.251 e. The summed E-state index contributed by atoms with van der Waals surface area (Å²) in [4.78, 5) is 28.6. The molecule has 0 radical (unpaired) electrons. The van der Waals surface area contributed by atoms with Crippen molar-refractivity contribution < 1.29 is 13.2 Å². The van der Waals surface area contributed by atoms with Crippen LogP contribution in [0.3, 0.4) is 0 Å². The molecule has 0 unspecified atom stereocenters. The van der Waals surface area contributed by atoms with Gasteiger partial charge in [-0.2, -0.15) is 0 Å². The molecule has 2 aromatic heterocycles. The van der Waals surface area contributed by atoms with Crippen molar-refractivity contribution in [2.45, 2.75) is 42.5 Å². The SMILES string of the molecule is CC(C)c1ccc2c(Nc3cc(C(=O)N[C@@H](C)c4ccccc4)ccc3Sc3ccc(NS(C)(=O)=O)cc3)ncnc2n1. The molecule has 2 heterocycles. The van der Waals surface area contributed by atoms with E-state index in [1.807, 2.05) is 67.6 Å². The molecule has 1 amide bonds. The quantitative estimate of drug-likeness (QED) is 0.155. The Morgan fingerprint density at radius 2 is 1.63 bits per heavy atom. The highest BCUT2D eigenvalue weighted by Gasteiger charge is 2.16. The van der Waals surface area contributed by atoms with Gasteiger partial charge in [0.2, 0.25) is 10.0 Å². The predicted octanol–water partition coefficient (Wildman–Crippen LogP) is 6.91. The Bertz CT molecular complexity index is 1860. The first-order valence-electron chi connectivity index (χ1n) is 13.7. The Labute approximate surface area is 255 Å². The Morgan fingerprint density at radius 1 is 0.884 bits per heavy atom. The maximum absolute atomic E-state index is 13.3. The van der Waals surface area contributed by atoms with Crippen LogP contribution in [-0.2, 0) is 10.0 Å². The van der Waals surface area contributed by atoms with Gasteiger partial charge < -0.3 is 10.6 Å². The van der Waals surface area contributed by atoms with E-state index < -0.39 is 10.0 Å². The van der Waals surface area contributed by atoms with Crippen LogP contribution >= 0.6 is 11.8 Å². The third-order valence-electron chi connectivity index (χ3n) is 6.64. The number of hydrogen-bond acceptors (Lipinski definition) is 8. The van der Waals surface area contributed by atoms with Crippen molar-refractivity contribution in [2.75, 3.05) is 16.3 Å². The predicted molar refractivity (Wildman–Crippen MR) is 173 cm³/mol. The van der Waals surface area contributed by atoms with Crippen LogP contribution in [0.2, 0.25) is 0 Å². The highest BCUT2D eigenvalue weighted by Crippen LogP contribution is 2.37. The van der Waals surface area contributed by atoms with Crippen molar-refractivity contribution in [1.82, 2.24) is 20.3 Å². The molecule has 43 heavy (non-hydrogen) atoms. The molecule has 5 aromatic rings. The topological polar surface area (TPSA) is 126 Å². The van der Waals surface area contributed by atoms with E-state index in [1.165, 1.54) is 18.1 Å². The molecule has 0 aliphatic heterocycles. The number of nitrogens with zero attached hydrogens (tertiary/aromatic N) is 3. The molecule has 0 bridgehead atoms. The number of fused-ring (bicyclic) bond motifs is 1. The Hall–Kier alpha value is -4.48. The number of aromatic nitrogens is 3. The Balaban J connectivity index is 1.48. The molecule has 0 fully saturated rings. The van der Waals surface area contributed by atoms with E-state index in [0.29, 0.717) is 28.4 Å². The summed E-state index contributed by atoms with van der Waals surface area (Å²) in [5.74, 6) is 0.617. The van der Waals surface area contributed by atoms with Crippen molar-refractivity contribution in [1.29, 1.82) is 0 Å². The molecular formula is C32H32N6O3S2. The number of sulfonamides is 1. The van der Waals surface area contributed by atoms with Crippen molar-refractivity contribution in [2.24, 2.45) is 0 Å². The summed E-state index contributed by atoms with van der Waals surface area (Å²) in [7, 11) is -3.38. The summed E-state index contributed by atoms with van der Waals surface area (Å²) >= 11 is 1.47. The number of hydrogen-bond donors (Lipinski definition) is 3. The maximum Gasteiger partial charge on any atom is 0.251 e. The average Bonchev–Trinajstić information content (AvgIpc) is 2.98. The van der Waals surface area contributed by atoms with Crippen LogP contribution < -0.4 is 15.4 Å².